The molecular weight excluding hydrogens is 279 g/mol. The summed E-state index contributed by atoms with van der Waals surface area (Å²) in [5.41, 5.74) is 10.2. The Bertz CT molecular complexity index is 290. The van der Waals surface area contributed by atoms with E-state index in [0.29, 0.717) is 19.4 Å². The minimum atomic E-state index is -4.64. The van der Waals surface area contributed by atoms with E-state index in [1.54, 1.807) is 0 Å². The van der Waals surface area contributed by atoms with Gasteiger partial charge in [-0.3, -0.25) is 10.2 Å². The molecule has 0 rings (SSSR count). The number of hydrogen-bond donors (Lipinski definition) is 8. The molecule has 0 saturated carbocycles. The monoisotopic (exact) mass is 298 g/mol. The molecule has 0 radical (unpaired) electrons. The number of carboxylic acid groups (broad SMARTS) is 1. The highest BCUT2D eigenvalue weighted by Gasteiger charge is 2.09. The number of carboxylic acids is 1. The van der Waals surface area contributed by atoms with Gasteiger partial charge >= 0.3 is 36.8 Å². The molecule has 18 heavy (non-hydrogen) atoms. The van der Waals surface area contributed by atoms with Gasteiger partial charge < -0.3 is 36.6 Å². The van der Waals surface area contributed by atoms with Crippen LogP contribution < -0.4 is 16.8 Å². The largest absolute Gasteiger partial charge is 0.480 e. The van der Waals surface area contributed by atoms with Crippen LogP contribution in [0.5, 0.6) is 0 Å². The minimum Gasteiger partial charge on any atom is -0.480 e. The smallest absolute Gasteiger partial charge is 0.466 e. The van der Waals surface area contributed by atoms with Crippen LogP contribution in [0.1, 0.15) is 12.8 Å². The Kier molecular flexibility index (Phi) is 14.7. The van der Waals surface area contributed by atoms with E-state index in [4.69, 9.17) is 41.2 Å². The van der Waals surface area contributed by atoms with Gasteiger partial charge in [0.2, 0.25) is 0 Å². The minimum absolute atomic E-state index is 0. The molecule has 0 aromatic rings. The zero-order chi connectivity index (χ0) is 14.1. The summed E-state index contributed by atoms with van der Waals surface area (Å²) in [5, 5.41) is 17.7. The molecule has 0 fully saturated rings. The van der Waals surface area contributed by atoms with E-state index in [-0.39, 0.29) is 29.0 Å². The summed E-state index contributed by atoms with van der Waals surface area (Å²) in [6.45, 7) is 0.482. The molecule has 0 amide bonds. The van der Waals surface area contributed by atoms with E-state index in [2.05, 4.69) is 5.32 Å². The number of rotatable bonds is 5. The number of aliphatic carboxylic acids is 1. The molecule has 0 aromatic carbocycles. The van der Waals surface area contributed by atoms with E-state index in [1.165, 1.54) is 0 Å². The highest BCUT2D eigenvalue weighted by molar-refractivity contribution is 7.45. The molecule has 1 unspecified atom stereocenters. The van der Waals surface area contributed by atoms with Gasteiger partial charge in [-0.25, -0.2) is 4.57 Å². The first-order valence-electron chi connectivity index (χ1n) is 4.38. The van der Waals surface area contributed by atoms with Crippen LogP contribution in [-0.2, 0) is 9.36 Å². The van der Waals surface area contributed by atoms with Crippen molar-refractivity contribution in [2.24, 2.45) is 11.5 Å². The van der Waals surface area contributed by atoms with E-state index in [1.807, 2.05) is 0 Å². The standard InChI is InChI=1S/C6H14N4O2.Mg.H3O4P.2H/c7-4(5(11)12)2-1-3-10-6(8)9;;1-5(2,3)4;;/h4H,1-3,7H2,(H,11,12)(H4,8,9,10);;(H3,1,2,3,4);;. The Balaban J connectivity index is -0.000000321. The maximum atomic E-state index is 10.2. The lowest BCUT2D eigenvalue weighted by atomic mass is 10.2. The molecule has 106 valence electrons. The van der Waals surface area contributed by atoms with E-state index in [9.17, 15) is 4.79 Å². The first-order chi connectivity index (χ1) is 7.54. The summed E-state index contributed by atoms with van der Waals surface area (Å²) >= 11 is 0. The van der Waals surface area contributed by atoms with Crippen LogP contribution >= 0.6 is 7.82 Å². The second kappa shape index (κ2) is 11.7. The van der Waals surface area contributed by atoms with Crippen molar-refractivity contribution in [3.8, 4) is 0 Å². The summed E-state index contributed by atoms with van der Waals surface area (Å²) in [6.07, 6.45) is 0.975. The SMILES string of the molecule is N=C(N)NCCCC(N)C(=O)O.O=P(O)(O)O.[MgH2]. The number of nitrogens with one attached hydrogen (secondary N) is 2. The predicted octanol–water partition coefficient (Wildman–Crippen LogP) is -3.18. The van der Waals surface area contributed by atoms with Gasteiger partial charge in [0.25, 0.3) is 0 Å². The number of phosphoric acid groups is 1. The molecule has 10 N–H and O–H groups in total. The Morgan fingerprint density at radius 1 is 1.39 bits per heavy atom. The van der Waals surface area contributed by atoms with Gasteiger partial charge in [-0.1, -0.05) is 0 Å². The third-order valence-electron chi connectivity index (χ3n) is 1.32. The lowest BCUT2D eigenvalue weighted by molar-refractivity contribution is -0.138. The fraction of sp³-hybridized carbons (Fsp3) is 0.667. The zero-order valence-electron chi connectivity index (χ0n) is 8.91. The quantitative estimate of drug-likeness (QED) is 0.0845. The number of hydrogen-bond acceptors (Lipinski definition) is 4. The lowest BCUT2D eigenvalue weighted by Crippen LogP contribution is -2.34. The third-order valence-corrected chi connectivity index (χ3v) is 1.32. The van der Waals surface area contributed by atoms with Crippen molar-refractivity contribution in [1.82, 2.24) is 5.32 Å². The Hall–Kier alpha value is -0.424. The topological polar surface area (TPSA) is 203 Å². The van der Waals surface area contributed by atoms with Crippen molar-refractivity contribution < 1.29 is 29.1 Å². The van der Waals surface area contributed by atoms with Gasteiger partial charge in [-0.05, 0) is 12.8 Å². The summed E-state index contributed by atoms with van der Waals surface area (Å²) in [4.78, 5) is 31.8. The summed E-state index contributed by atoms with van der Waals surface area (Å²) in [7, 11) is -4.64. The van der Waals surface area contributed by atoms with Crippen molar-refractivity contribution in [3.63, 3.8) is 0 Å². The predicted molar refractivity (Wildman–Crippen MR) is 67.6 cm³/mol. The van der Waals surface area contributed by atoms with Gasteiger partial charge in [0.1, 0.15) is 6.04 Å². The lowest BCUT2D eigenvalue weighted by Gasteiger charge is -2.06. The molecule has 0 aliphatic carbocycles. The average Bonchev–Trinajstić information content (AvgIpc) is 2.08. The van der Waals surface area contributed by atoms with Gasteiger partial charge in [-0.2, -0.15) is 0 Å². The Morgan fingerprint density at radius 2 is 1.78 bits per heavy atom. The molecule has 12 heteroatoms. The maximum Gasteiger partial charge on any atom is 0.466 e. The van der Waals surface area contributed by atoms with E-state index >= 15 is 0 Å². The van der Waals surface area contributed by atoms with Crippen molar-refractivity contribution >= 4 is 42.8 Å². The van der Waals surface area contributed by atoms with E-state index < -0.39 is 19.8 Å². The van der Waals surface area contributed by atoms with Crippen LogP contribution in [0.25, 0.3) is 0 Å². The van der Waals surface area contributed by atoms with Crippen molar-refractivity contribution in [3.05, 3.63) is 0 Å². The van der Waals surface area contributed by atoms with Crippen LogP contribution in [-0.4, -0.2) is 67.4 Å². The van der Waals surface area contributed by atoms with Gasteiger partial charge in [-0.15, -0.1) is 0 Å². The van der Waals surface area contributed by atoms with Crippen molar-refractivity contribution in [2.75, 3.05) is 6.54 Å². The Labute approximate surface area is 120 Å². The second-order valence-electron chi connectivity index (χ2n) is 2.94. The molecule has 0 aliphatic rings. The summed E-state index contributed by atoms with van der Waals surface area (Å²) in [6, 6.07) is -0.821. The van der Waals surface area contributed by atoms with Gasteiger partial charge in [0, 0.05) is 6.54 Å². The van der Waals surface area contributed by atoms with Crippen molar-refractivity contribution in [1.29, 1.82) is 5.41 Å². The van der Waals surface area contributed by atoms with Crippen LogP contribution in [0.4, 0.5) is 0 Å². The number of guanidine groups is 1. The molecule has 1 atom stereocenters. The van der Waals surface area contributed by atoms with Gasteiger partial charge in [0.15, 0.2) is 5.96 Å². The van der Waals surface area contributed by atoms with Crippen LogP contribution in [0, 0.1) is 5.41 Å². The average molecular weight is 299 g/mol. The van der Waals surface area contributed by atoms with Crippen LogP contribution in [0.15, 0.2) is 0 Å². The fourth-order valence-corrected chi connectivity index (χ4v) is 0.669. The molecule has 0 spiro atoms. The van der Waals surface area contributed by atoms with Crippen molar-refractivity contribution in [2.45, 2.75) is 18.9 Å². The Morgan fingerprint density at radius 3 is 2.06 bits per heavy atom. The second-order valence-corrected chi connectivity index (χ2v) is 3.97. The van der Waals surface area contributed by atoms with E-state index in [0.717, 1.165) is 0 Å². The fourth-order valence-electron chi connectivity index (χ4n) is 0.669. The molecule has 0 aliphatic heterocycles. The van der Waals surface area contributed by atoms with Crippen LogP contribution in [0.2, 0.25) is 0 Å². The zero-order valence-corrected chi connectivity index (χ0v) is 9.80. The first-order valence-corrected chi connectivity index (χ1v) is 5.95. The van der Waals surface area contributed by atoms with Gasteiger partial charge in [0.05, 0.1) is 0 Å². The highest BCUT2D eigenvalue weighted by atomic mass is 31.2. The summed E-state index contributed by atoms with van der Waals surface area (Å²) < 4.78 is 8.88. The number of carbonyl (C=O) groups is 1. The normalized spacial score (nSPS) is 11.3. The summed E-state index contributed by atoms with van der Waals surface area (Å²) in [5.74, 6) is -1.11. The highest BCUT2D eigenvalue weighted by Crippen LogP contribution is 2.25. The van der Waals surface area contributed by atoms with Crippen LogP contribution in [0.3, 0.4) is 0 Å². The number of nitrogens with two attached hydrogens (primary N) is 2. The molecule has 0 heterocycles. The first kappa shape index (κ1) is 22.7. The molecule has 0 bridgehead atoms. The molecule has 0 saturated heterocycles. The molecule has 0 aromatic heterocycles. The maximum absolute atomic E-state index is 10.2. The third kappa shape index (κ3) is 29.6. The molecule has 10 nitrogen and oxygen atoms in total. The molecular formula is C6H19MgN4O6P.